The number of rotatable bonds is 4. The fourth-order valence-corrected chi connectivity index (χ4v) is 2.67. The van der Waals surface area contributed by atoms with E-state index in [1.54, 1.807) is 6.20 Å². The van der Waals surface area contributed by atoms with Gasteiger partial charge in [0, 0.05) is 17.1 Å². The molecule has 0 unspecified atom stereocenters. The summed E-state index contributed by atoms with van der Waals surface area (Å²) in [7, 11) is 0. The van der Waals surface area contributed by atoms with Crippen LogP contribution in [0.2, 0.25) is 0 Å². The number of para-hydroxylation sites is 1. The van der Waals surface area contributed by atoms with Crippen LogP contribution in [-0.2, 0) is 6.61 Å². The minimum absolute atomic E-state index is 0.165. The summed E-state index contributed by atoms with van der Waals surface area (Å²) in [5.74, 6) is 0.853. The van der Waals surface area contributed by atoms with E-state index in [0.29, 0.717) is 28.4 Å². The van der Waals surface area contributed by atoms with Gasteiger partial charge >= 0.3 is 6.01 Å². The molecule has 6 nitrogen and oxygen atoms in total. The molecule has 2 heterocycles. The lowest BCUT2D eigenvalue weighted by atomic mass is 10.1. The lowest BCUT2D eigenvalue weighted by molar-refractivity contribution is 0.103. The minimum Gasteiger partial charge on any atom is -0.471 e. The average Bonchev–Trinajstić information content (AvgIpc) is 2.90. The number of aliphatic hydroxyl groups excluding tert-OH is 1. The summed E-state index contributed by atoms with van der Waals surface area (Å²) >= 11 is 0. The molecule has 0 fully saturated rings. The van der Waals surface area contributed by atoms with Crippen molar-refractivity contribution >= 4 is 11.0 Å². The highest BCUT2D eigenvalue weighted by Gasteiger charge is 2.25. The Morgan fingerprint density at radius 2 is 1.67 bits per heavy atom. The molecule has 3 aromatic rings. The molecule has 0 aliphatic carbocycles. The normalized spacial score (nSPS) is 12.4. The molecular formula is C21H26N2O4. The second-order valence-electron chi connectivity index (χ2n) is 8.36. The van der Waals surface area contributed by atoms with Crippen LogP contribution in [0.3, 0.4) is 0 Å². The van der Waals surface area contributed by atoms with E-state index in [4.69, 9.17) is 13.9 Å². The molecule has 3 rings (SSSR count). The summed E-state index contributed by atoms with van der Waals surface area (Å²) in [5.41, 5.74) is 1.03. The second kappa shape index (κ2) is 6.85. The first-order chi connectivity index (χ1) is 12.6. The number of ether oxygens (including phenoxy) is 2. The average molecular weight is 370 g/mol. The van der Waals surface area contributed by atoms with Gasteiger partial charge in [-0.3, -0.25) is 0 Å². The molecule has 0 aliphatic rings. The summed E-state index contributed by atoms with van der Waals surface area (Å²) in [6.07, 6.45) is 1.62. The van der Waals surface area contributed by atoms with Crippen LogP contribution in [0.1, 0.15) is 47.1 Å². The standard InChI is InChI=1S/C21H26N2O4/c1-20(2,3)26-18-14(11-22-19(23-18)27-21(4,5)6)17-15(12-24)13-9-7-8-10-16(13)25-17/h7-11,24H,12H2,1-6H3. The maximum Gasteiger partial charge on any atom is 0.320 e. The quantitative estimate of drug-likeness (QED) is 0.715. The third kappa shape index (κ3) is 4.39. The molecule has 1 aromatic carbocycles. The zero-order valence-corrected chi connectivity index (χ0v) is 16.7. The largest absolute Gasteiger partial charge is 0.471 e. The van der Waals surface area contributed by atoms with E-state index in [1.807, 2.05) is 65.8 Å². The number of aromatic nitrogens is 2. The van der Waals surface area contributed by atoms with Gasteiger partial charge in [0.1, 0.15) is 22.5 Å². The predicted molar refractivity (Wildman–Crippen MR) is 104 cm³/mol. The Kier molecular flexibility index (Phi) is 4.86. The van der Waals surface area contributed by atoms with Gasteiger partial charge in [-0.2, -0.15) is 4.98 Å². The summed E-state index contributed by atoms with van der Waals surface area (Å²) in [6, 6.07) is 7.80. The number of hydrogen-bond acceptors (Lipinski definition) is 6. The lowest BCUT2D eigenvalue weighted by Gasteiger charge is -2.24. The first-order valence-electron chi connectivity index (χ1n) is 8.94. The maximum atomic E-state index is 9.93. The molecule has 0 amide bonds. The molecule has 0 spiro atoms. The van der Waals surface area contributed by atoms with Crippen molar-refractivity contribution in [2.75, 3.05) is 0 Å². The van der Waals surface area contributed by atoms with Gasteiger partial charge < -0.3 is 19.0 Å². The van der Waals surface area contributed by atoms with E-state index in [2.05, 4.69) is 9.97 Å². The fourth-order valence-electron chi connectivity index (χ4n) is 2.67. The molecule has 6 heteroatoms. The zero-order chi connectivity index (χ0) is 19.8. The number of aliphatic hydroxyl groups is 1. The van der Waals surface area contributed by atoms with Crippen LogP contribution in [0.4, 0.5) is 0 Å². The van der Waals surface area contributed by atoms with E-state index in [-0.39, 0.29) is 12.6 Å². The highest BCUT2D eigenvalue weighted by atomic mass is 16.5. The maximum absolute atomic E-state index is 9.93. The Bertz CT molecular complexity index is 949. The third-order valence-corrected chi connectivity index (χ3v) is 3.63. The molecule has 1 N–H and O–H groups in total. The first-order valence-corrected chi connectivity index (χ1v) is 8.94. The first kappa shape index (κ1) is 19.2. The monoisotopic (exact) mass is 370 g/mol. The van der Waals surface area contributed by atoms with Gasteiger partial charge in [0.2, 0.25) is 5.88 Å². The fraction of sp³-hybridized carbons (Fsp3) is 0.429. The molecule has 0 saturated heterocycles. The molecule has 0 aliphatic heterocycles. The van der Waals surface area contributed by atoms with E-state index in [1.165, 1.54) is 0 Å². The summed E-state index contributed by atoms with van der Waals surface area (Å²) in [4.78, 5) is 8.79. The SMILES string of the molecule is CC(C)(C)Oc1ncc(-c2oc3ccccc3c2CO)c(OC(C)(C)C)n1. The number of benzene rings is 1. The van der Waals surface area contributed by atoms with E-state index in [9.17, 15) is 5.11 Å². The van der Waals surface area contributed by atoms with Gasteiger partial charge in [-0.05, 0) is 47.6 Å². The molecule has 0 radical (unpaired) electrons. The van der Waals surface area contributed by atoms with Crippen molar-refractivity contribution in [3.8, 4) is 23.2 Å². The van der Waals surface area contributed by atoms with Gasteiger partial charge in [-0.25, -0.2) is 4.98 Å². The molecule has 0 atom stereocenters. The number of furan rings is 1. The third-order valence-electron chi connectivity index (χ3n) is 3.63. The van der Waals surface area contributed by atoms with E-state index in [0.717, 1.165) is 5.39 Å². The van der Waals surface area contributed by atoms with Gasteiger partial charge in [-0.1, -0.05) is 18.2 Å². The van der Waals surface area contributed by atoms with Gasteiger partial charge in [0.15, 0.2) is 0 Å². The van der Waals surface area contributed by atoms with Crippen molar-refractivity contribution in [2.24, 2.45) is 0 Å². The molecule has 144 valence electrons. The number of hydrogen-bond donors (Lipinski definition) is 1. The minimum atomic E-state index is -0.479. The van der Waals surface area contributed by atoms with Crippen molar-refractivity contribution in [1.82, 2.24) is 9.97 Å². The Morgan fingerprint density at radius 3 is 2.30 bits per heavy atom. The Morgan fingerprint density at radius 1 is 1.00 bits per heavy atom. The van der Waals surface area contributed by atoms with Crippen molar-refractivity contribution in [3.63, 3.8) is 0 Å². The van der Waals surface area contributed by atoms with Crippen molar-refractivity contribution in [3.05, 3.63) is 36.0 Å². The molecular weight excluding hydrogens is 344 g/mol. The van der Waals surface area contributed by atoms with E-state index >= 15 is 0 Å². The van der Waals surface area contributed by atoms with Crippen LogP contribution in [0.15, 0.2) is 34.9 Å². The summed E-state index contributed by atoms with van der Waals surface area (Å²) < 4.78 is 17.9. The smallest absolute Gasteiger partial charge is 0.320 e. The number of nitrogens with zero attached hydrogens (tertiary/aromatic N) is 2. The summed E-state index contributed by atoms with van der Waals surface area (Å²) in [5, 5.41) is 10.8. The van der Waals surface area contributed by atoms with Crippen molar-refractivity contribution < 1.29 is 19.0 Å². The topological polar surface area (TPSA) is 77.6 Å². The molecule has 27 heavy (non-hydrogen) atoms. The van der Waals surface area contributed by atoms with Gasteiger partial charge in [0.25, 0.3) is 0 Å². The Hall–Kier alpha value is -2.60. The van der Waals surface area contributed by atoms with Crippen LogP contribution in [0, 0.1) is 0 Å². The van der Waals surface area contributed by atoms with Crippen LogP contribution in [0.25, 0.3) is 22.3 Å². The Labute approximate surface area is 159 Å². The highest BCUT2D eigenvalue weighted by molar-refractivity contribution is 5.88. The summed E-state index contributed by atoms with van der Waals surface area (Å²) in [6.45, 7) is 11.4. The van der Waals surface area contributed by atoms with Crippen LogP contribution in [-0.4, -0.2) is 26.3 Å². The second-order valence-corrected chi connectivity index (χ2v) is 8.36. The highest BCUT2D eigenvalue weighted by Crippen LogP contribution is 2.39. The van der Waals surface area contributed by atoms with Crippen molar-refractivity contribution in [2.45, 2.75) is 59.4 Å². The zero-order valence-electron chi connectivity index (χ0n) is 16.7. The predicted octanol–water partition coefficient (Wildman–Crippen LogP) is 4.74. The van der Waals surface area contributed by atoms with Gasteiger partial charge in [0.05, 0.1) is 12.2 Å². The molecule has 0 saturated carbocycles. The molecule has 2 aromatic heterocycles. The number of fused-ring (bicyclic) bond motifs is 1. The molecule has 0 bridgehead atoms. The van der Waals surface area contributed by atoms with E-state index < -0.39 is 11.2 Å². The van der Waals surface area contributed by atoms with Crippen LogP contribution < -0.4 is 9.47 Å². The van der Waals surface area contributed by atoms with Crippen molar-refractivity contribution in [1.29, 1.82) is 0 Å². The van der Waals surface area contributed by atoms with Gasteiger partial charge in [-0.15, -0.1) is 0 Å². The van der Waals surface area contributed by atoms with Crippen LogP contribution >= 0.6 is 0 Å². The Balaban J connectivity index is 2.17. The van der Waals surface area contributed by atoms with Crippen LogP contribution in [0.5, 0.6) is 11.9 Å². The lowest BCUT2D eigenvalue weighted by Crippen LogP contribution is -2.26.